The Morgan fingerprint density at radius 1 is 1.04 bits per heavy atom. The molecule has 0 saturated heterocycles. The van der Waals surface area contributed by atoms with E-state index < -0.39 is 0 Å². The molecule has 0 unspecified atom stereocenters. The maximum absolute atomic E-state index is 11.7. The summed E-state index contributed by atoms with van der Waals surface area (Å²) >= 11 is 0. The molecule has 0 bridgehead atoms. The van der Waals surface area contributed by atoms with Crippen LogP contribution in [0.4, 0.5) is 11.4 Å². The highest BCUT2D eigenvalue weighted by atomic mass is 16.5. The molecule has 2 N–H and O–H groups in total. The van der Waals surface area contributed by atoms with Gasteiger partial charge in [-0.25, -0.2) is 0 Å². The number of hydrogen-bond acceptors (Lipinski definition) is 3. The molecule has 1 amide bonds. The van der Waals surface area contributed by atoms with Crippen LogP contribution in [0.5, 0.6) is 5.75 Å². The van der Waals surface area contributed by atoms with Crippen LogP contribution in [-0.2, 0) is 11.2 Å². The Kier molecular flexibility index (Phi) is 7.15. The van der Waals surface area contributed by atoms with Crippen molar-refractivity contribution in [1.82, 2.24) is 0 Å². The van der Waals surface area contributed by atoms with Crippen molar-refractivity contribution in [3.05, 3.63) is 54.1 Å². The maximum Gasteiger partial charge on any atom is 0.224 e. The molecule has 0 aromatic heterocycles. The molecule has 0 aliphatic rings. The van der Waals surface area contributed by atoms with Crippen LogP contribution in [0.25, 0.3) is 0 Å². The predicted octanol–water partition coefficient (Wildman–Crippen LogP) is 4.48. The van der Waals surface area contributed by atoms with E-state index in [0.29, 0.717) is 6.42 Å². The van der Waals surface area contributed by atoms with Gasteiger partial charge in [0.05, 0.1) is 7.11 Å². The maximum atomic E-state index is 11.7. The zero-order valence-corrected chi connectivity index (χ0v) is 14.5. The number of carbonyl (C=O) groups excluding carboxylic acids is 1. The number of nitrogens with one attached hydrogen (secondary N) is 2. The first-order chi connectivity index (χ1) is 11.7. The van der Waals surface area contributed by atoms with Crippen LogP contribution in [-0.4, -0.2) is 19.6 Å². The predicted molar refractivity (Wildman–Crippen MR) is 99.8 cm³/mol. The number of benzene rings is 2. The van der Waals surface area contributed by atoms with Crippen LogP contribution in [0.1, 0.15) is 31.7 Å². The van der Waals surface area contributed by atoms with E-state index in [1.54, 1.807) is 7.11 Å². The van der Waals surface area contributed by atoms with Gasteiger partial charge in [-0.05, 0) is 48.7 Å². The second-order valence-electron chi connectivity index (χ2n) is 5.72. The summed E-state index contributed by atoms with van der Waals surface area (Å²) in [7, 11) is 1.69. The minimum atomic E-state index is 0.0775. The van der Waals surface area contributed by atoms with Crippen LogP contribution in [0.15, 0.2) is 48.5 Å². The van der Waals surface area contributed by atoms with E-state index in [0.717, 1.165) is 42.9 Å². The monoisotopic (exact) mass is 326 g/mol. The zero-order chi connectivity index (χ0) is 17.2. The first-order valence-corrected chi connectivity index (χ1v) is 8.48. The van der Waals surface area contributed by atoms with Gasteiger partial charge in [0.2, 0.25) is 5.91 Å². The Hall–Kier alpha value is -2.49. The Balaban J connectivity index is 1.80. The molecule has 2 rings (SSSR count). The Morgan fingerprint density at radius 3 is 2.46 bits per heavy atom. The van der Waals surface area contributed by atoms with Crippen LogP contribution >= 0.6 is 0 Å². The van der Waals surface area contributed by atoms with Gasteiger partial charge in [0.15, 0.2) is 0 Å². The highest BCUT2D eigenvalue weighted by Gasteiger charge is 2.03. The molecule has 0 heterocycles. The zero-order valence-electron chi connectivity index (χ0n) is 14.5. The van der Waals surface area contributed by atoms with Crippen molar-refractivity contribution in [3.8, 4) is 5.75 Å². The summed E-state index contributed by atoms with van der Waals surface area (Å²) in [5, 5.41) is 6.31. The van der Waals surface area contributed by atoms with Gasteiger partial charge in [0, 0.05) is 24.3 Å². The van der Waals surface area contributed by atoms with Gasteiger partial charge < -0.3 is 15.4 Å². The summed E-state index contributed by atoms with van der Waals surface area (Å²) in [6.07, 6.45) is 3.42. The molecular weight excluding hydrogens is 300 g/mol. The lowest BCUT2D eigenvalue weighted by atomic mass is 10.1. The molecule has 0 saturated carbocycles. The van der Waals surface area contributed by atoms with E-state index >= 15 is 0 Å². The number of amides is 1. The third-order valence-corrected chi connectivity index (χ3v) is 3.84. The highest BCUT2D eigenvalue weighted by molar-refractivity contribution is 5.90. The van der Waals surface area contributed by atoms with Gasteiger partial charge in [-0.15, -0.1) is 0 Å². The minimum absolute atomic E-state index is 0.0775. The van der Waals surface area contributed by atoms with E-state index in [9.17, 15) is 4.79 Å². The summed E-state index contributed by atoms with van der Waals surface area (Å²) in [5.41, 5.74) is 3.06. The average Bonchev–Trinajstić information content (AvgIpc) is 2.62. The summed E-state index contributed by atoms with van der Waals surface area (Å²) in [4.78, 5) is 11.7. The third kappa shape index (κ3) is 5.61. The van der Waals surface area contributed by atoms with Crippen molar-refractivity contribution in [3.63, 3.8) is 0 Å². The molecule has 0 aliphatic carbocycles. The van der Waals surface area contributed by atoms with Gasteiger partial charge in [-0.3, -0.25) is 4.79 Å². The minimum Gasteiger partial charge on any atom is -0.496 e. The highest BCUT2D eigenvalue weighted by Crippen LogP contribution is 2.18. The first-order valence-electron chi connectivity index (χ1n) is 8.48. The summed E-state index contributed by atoms with van der Waals surface area (Å²) < 4.78 is 5.36. The molecule has 0 atom stereocenters. The largest absolute Gasteiger partial charge is 0.496 e. The van der Waals surface area contributed by atoms with Gasteiger partial charge >= 0.3 is 0 Å². The van der Waals surface area contributed by atoms with Gasteiger partial charge in [0.25, 0.3) is 0 Å². The second kappa shape index (κ2) is 9.60. The molecule has 0 fully saturated rings. The lowest BCUT2D eigenvalue weighted by Crippen LogP contribution is -2.11. The number of ether oxygens (including phenoxy) is 1. The molecule has 0 aliphatic heterocycles. The number of hydrogen-bond donors (Lipinski definition) is 2. The average molecular weight is 326 g/mol. The normalized spacial score (nSPS) is 10.2. The van der Waals surface area contributed by atoms with Crippen molar-refractivity contribution < 1.29 is 9.53 Å². The van der Waals surface area contributed by atoms with Crippen molar-refractivity contribution in [2.45, 2.75) is 32.6 Å². The molecule has 0 radical (unpaired) electrons. The fourth-order valence-corrected chi connectivity index (χ4v) is 2.48. The number of methoxy groups -OCH3 is 1. The SMILES string of the molecule is CCCCC(=O)Nc1ccc(NCCc2ccccc2OC)cc1. The van der Waals surface area contributed by atoms with Crippen LogP contribution < -0.4 is 15.4 Å². The molecule has 0 spiro atoms. The van der Waals surface area contributed by atoms with Gasteiger partial charge in [-0.2, -0.15) is 0 Å². The van der Waals surface area contributed by atoms with Gasteiger partial charge in [0.1, 0.15) is 5.75 Å². The number of para-hydroxylation sites is 1. The molecule has 4 nitrogen and oxygen atoms in total. The fourth-order valence-electron chi connectivity index (χ4n) is 2.48. The standard InChI is InChI=1S/C20H26N2O2/c1-3-4-9-20(23)22-18-12-10-17(11-13-18)21-15-14-16-7-5-6-8-19(16)24-2/h5-8,10-13,21H,3-4,9,14-15H2,1-2H3,(H,22,23). The second-order valence-corrected chi connectivity index (χ2v) is 5.72. The van der Waals surface area contributed by atoms with E-state index in [1.807, 2.05) is 42.5 Å². The molecular formula is C20H26N2O2. The molecule has 2 aromatic carbocycles. The van der Waals surface area contributed by atoms with E-state index in [4.69, 9.17) is 4.74 Å². The number of unbranched alkanes of at least 4 members (excludes halogenated alkanes) is 1. The summed E-state index contributed by atoms with van der Waals surface area (Å²) in [6.45, 7) is 2.90. The third-order valence-electron chi connectivity index (χ3n) is 3.84. The lowest BCUT2D eigenvalue weighted by Gasteiger charge is -2.10. The Morgan fingerprint density at radius 2 is 1.75 bits per heavy atom. The van der Waals surface area contributed by atoms with Crippen LogP contribution in [0, 0.1) is 0 Å². The Bertz CT molecular complexity index is 638. The number of rotatable bonds is 9. The summed E-state index contributed by atoms with van der Waals surface area (Å²) in [6, 6.07) is 15.9. The van der Waals surface area contributed by atoms with E-state index in [2.05, 4.69) is 23.6 Å². The first kappa shape index (κ1) is 17.9. The van der Waals surface area contributed by atoms with Gasteiger partial charge in [-0.1, -0.05) is 31.5 Å². The molecule has 128 valence electrons. The molecule has 2 aromatic rings. The number of anilines is 2. The van der Waals surface area contributed by atoms with Crippen molar-refractivity contribution in [2.24, 2.45) is 0 Å². The van der Waals surface area contributed by atoms with Crippen LogP contribution in [0.2, 0.25) is 0 Å². The molecule has 4 heteroatoms. The Labute approximate surface area is 144 Å². The summed E-state index contributed by atoms with van der Waals surface area (Å²) in [5.74, 6) is 0.998. The van der Waals surface area contributed by atoms with E-state index in [-0.39, 0.29) is 5.91 Å². The van der Waals surface area contributed by atoms with Crippen molar-refractivity contribution in [2.75, 3.05) is 24.3 Å². The van der Waals surface area contributed by atoms with Crippen molar-refractivity contribution in [1.29, 1.82) is 0 Å². The van der Waals surface area contributed by atoms with E-state index in [1.165, 1.54) is 5.56 Å². The smallest absolute Gasteiger partial charge is 0.224 e. The van der Waals surface area contributed by atoms with Crippen molar-refractivity contribution >= 4 is 17.3 Å². The van der Waals surface area contributed by atoms with Crippen LogP contribution in [0.3, 0.4) is 0 Å². The molecule has 24 heavy (non-hydrogen) atoms. The fraction of sp³-hybridized carbons (Fsp3) is 0.350. The number of carbonyl (C=O) groups is 1. The lowest BCUT2D eigenvalue weighted by molar-refractivity contribution is -0.116. The quantitative estimate of drug-likeness (QED) is 0.714. The topological polar surface area (TPSA) is 50.4 Å².